The lowest BCUT2D eigenvalue weighted by atomic mass is 9.89. The molecule has 0 fully saturated rings. The SMILES string of the molecule is COc1ccc2c(c1)OC(C)(C)CC2NC(=O)c1cnc(SC)nc1. The van der Waals surface area contributed by atoms with E-state index in [1.807, 2.05) is 38.3 Å². The number of aromatic nitrogens is 2. The van der Waals surface area contributed by atoms with Crippen molar-refractivity contribution in [1.29, 1.82) is 0 Å². The molecule has 0 aliphatic carbocycles. The molecule has 1 unspecified atom stereocenters. The molecule has 0 saturated carbocycles. The number of amides is 1. The van der Waals surface area contributed by atoms with Crippen LogP contribution in [0.1, 0.15) is 42.2 Å². The Morgan fingerprint density at radius 1 is 1.36 bits per heavy atom. The van der Waals surface area contributed by atoms with Crippen LogP contribution in [0.4, 0.5) is 0 Å². The van der Waals surface area contributed by atoms with Crippen LogP contribution < -0.4 is 14.8 Å². The van der Waals surface area contributed by atoms with Crippen LogP contribution in [-0.4, -0.2) is 34.8 Å². The maximum atomic E-state index is 12.6. The average Bonchev–Trinajstić information content (AvgIpc) is 2.60. The number of fused-ring (bicyclic) bond motifs is 1. The summed E-state index contributed by atoms with van der Waals surface area (Å²) in [6.45, 7) is 4.01. The first-order valence-electron chi connectivity index (χ1n) is 7.96. The summed E-state index contributed by atoms with van der Waals surface area (Å²) in [5.74, 6) is 1.26. The van der Waals surface area contributed by atoms with Gasteiger partial charge in [0.25, 0.3) is 5.91 Å². The van der Waals surface area contributed by atoms with Gasteiger partial charge in [0.1, 0.15) is 17.1 Å². The van der Waals surface area contributed by atoms with Crippen LogP contribution in [0, 0.1) is 0 Å². The molecule has 1 aliphatic heterocycles. The molecule has 0 saturated heterocycles. The number of hydrogen-bond donors (Lipinski definition) is 1. The summed E-state index contributed by atoms with van der Waals surface area (Å²) < 4.78 is 11.3. The number of thioether (sulfide) groups is 1. The fourth-order valence-electron chi connectivity index (χ4n) is 2.87. The summed E-state index contributed by atoms with van der Waals surface area (Å²) >= 11 is 1.44. The monoisotopic (exact) mass is 359 g/mol. The van der Waals surface area contributed by atoms with E-state index in [2.05, 4.69) is 15.3 Å². The molecule has 2 aromatic rings. The normalized spacial score (nSPS) is 18.0. The molecule has 1 N–H and O–H groups in total. The summed E-state index contributed by atoms with van der Waals surface area (Å²) in [5, 5.41) is 3.72. The molecular weight excluding hydrogens is 338 g/mol. The molecule has 0 bridgehead atoms. The van der Waals surface area contributed by atoms with Crippen LogP contribution in [0.5, 0.6) is 11.5 Å². The van der Waals surface area contributed by atoms with Crippen molar-refractivity contribution in [3.05, 3.63) is 41.7 Å². The predicted octanol–water partition coefficient (Wildman–Crippen LogP) is 3.24. The van der Waals surface area contributed by atoms with Crippen LogP contribution in [0.3, 0.4) is 0 Å². The van der Waals surface area contributed by atoms with Gasteiger partial charge in [0.05, 0.1) is 18.7 Å². The van der Waals surface area contributed by atoms with Gasteiger partial charge in [-0.05, 0) is 32.2 Å². The topological polar surface area (TPSA) is 73.3 Å². The molecule has 0 radical (unpaired) electrons. The lowest BCUT2D eigenvalue weighted by molar-refractivity contribution is 0.0617. The summed E-state index contributed by atoms with van der Waals surface area (Å²) in [6, 6.07) is 5.50. The highest BCUT2D eigenvalue weighted by Crippen LogP contribution is 2.41. The van der Waals surface area contributed by atoms with E-state index in [1.165, 1.54) is 11.8 Å². The number of carbonyl (C=O) groups is 1. The largest absolute Gasteiger partial charge is 0.497 e. The number of nitrogens with one attached hydrogen (secondary N) is 1. The van der Waals surface area contributed by atoms with E-state index < -0.39 is 5.60 Å². The molecule has 0 spiro atoms. The highest BCUT2D eigenvalue weighted by atomic mass is 32.2. The van der Waals surface area contributed by atoms with E-state index in [4.69, 9.17) is 9.47 Å². The van der Waals surface area contributed by atoms with E-state index in [0.717, 1.165) is 17.1 Å². The first-order valence-corrected chi connectivity index (χ1v) is 9.18. The van der Waals surface area contributed by atoms with Crippen LogP contribution in [0.15, 0.2) is 35.7 Å². The molecule has 1 aliphatic rings. The lowest BCUT2D eigenvalue weighted by Gasteiger charge is -2.38. The fourth-order valence-corrected chi connectivity index (χ4v) is 3.18. The van der Waals surface area contributed by atoms with Crippen LogP contribution in [-0.2, 0) is 0 Å². The number of ether oxygens (including phenoxy) is 2. The predicted molar refractivity (Wildman–Crippen MR) is 96.3 cm³/mol. The minimum Gasteiger partial charge on any atom is -0.497 e. The second-order valence-electron chi connectivity index (χ2n) is 6.45. The van der Waals surface area contributed by atoms with Crippen molar-refractivity contribution in [2.45, 2.75) is 37.1 Å². The Bertz CT molecular complexity index is 778. The molecule has 25 heavy (non-hydrogen) atoms. The Labute approximate surface area is 151 Å². The van der Waals surface area contributed by atoms with Gasteiger partial charge in [0.2, 0.25) is 0 Å². The summed E-state index contributed by atoms with van der Waals surface area (Å²) in [7, 11) is 1.62. The van der Waals surface area contributed by atoms with E-state index in [0.29, 0.717) is 17.1 Å². The zero-order valence-electron chi connectivity index (χ0n) is 14.7. The maximum absolute atomic E-state index is 12.6. The standard InChI is InChI=1S/C18H21N3O3S/c1-18(2)8-14(13-6-5-12(23-3)7-15(13)24-18)21-16(22)11-9-19-17(25-4)20-10-11/h5-7,9-10,14H,8H2,1-4H3,(H,21,22). The molecule has 1 aromatic heterocycles. The zero-order valence-corrected chi connectivity index (χ0v) is 15.5. The van der Waals surface area contributed by atoms with Gasteiger partial charge in [0, 0.05) is 30.4 Å². The Hall–Kier alpha value is -2.28. The van der Waals surface area contributed by atoms with Gasteiger partial charge < -0.3 is 14.8 Å². The average molecular weight is 359 g/mol. The van der Waals surface area contributed by atoms with Crippen LogP contribution in [0.2, 0.25) is 0 Å². The minimum atomic E-state index is -0.392. The number of methoxy groups -OCH3 is 1. The molecule has 1 amide bonds. The second kappa shape index (κ2) is 6.92. The smallest absolute Gasteiger partial charge is 0.254 e. The van der Waals surface area contributed by atoms with Crippen LogP contribution in [0.25, 0.3) is 0 Å². The Morgan fingerprint density at radius 2 is 2.08 bits per heavy atom. The number of benzene rings is 1. The van der Waals surface area contributed by atoms with Gasteiger partial charge in [-0.15, -0.1) is 0 Å². The molecule has 7 heteroatoms. The minimum absolute atomic E-state index is 0.155. The molecular formula is C18H21N3O3S. The number of hydrogen-bond acceptors (Lipinski definition) is 6. The summed E-state index contributed by atoms with van der Waals surface area (Å²) in [4.78, 5) is 20.9. The van der Waals surface area contributed by atoms with Gasteiger partial charge in [-0.2, -0.15) is 0 Å². The zero-order chi connectivity index (χ0) is 18.0. The molecule has 1 atom stereocenters. The van der Waals surface area contributed by atoms with Crippen molar-refractivity contribution in [1.82, 2.24) is 15.3 Å². The van der Waals surface area contributed by atoms with E-state index in [9.17, 15) is 4.79 Å². The summed E-state index contributed by atoms with van der Waals surface area (Å²) in [5.41, 5.74) is 0.989. The molecule has 2 heterocycles. The van der Waals surface area contributed by atoms with Crippen LogP contribution >= 0.6 is 11.8 Å². The maximum Gasteiger partial charge on any atom is 0.254 e. The molecule has 1 aromatic carbocycles. The molecule has 6 nitrogen and oxygen atoms in total. The van der Waals surface area contributed by atoms with Gasteiger partial charge in [-0.25, -0.2) is 9.97 Å². The Morgan fingerprint density at radius 3 is 2.72 bits per heavy atom. The van der Waals surface area contributed by atoms with E-state index in [-0.39, 0.29) is 11.9 Å². The number of rotatable bonds is 4. The van der Waals surface area contributed by atoms with Crippen molar-refractivity contribution < 1.29 is 14.3 Å². The van der Waals surface area contributed by atoms with Crippen molar-refractivity contribution in [2.24, 2.45) is 0 Å². The van der Waals surface area contributed by atoms with E-state index in [1.54, 1.807) is 19.5 Å². The molecule has 3 rings (SSSR count). The first-order chi connectivity index (χ1) is 11.9. The second-order valence-corrected chi connectivity index (χ2v) is 7.23. The van der Waals surface area contributed by atoms with Crippen molar-refractivity contribution in [2.75, 3.05) is 13.4 Å². The third-order valence-corrected chi connectivity index (χ3v) is 4.63. The fraction of sp³-hybridized carbons (Fsp3) is 0.389. The third kappa shape index (κ3) is 3.87. The highest BCUT2D eigenvalue weighted by molar-refractivity contribution is 7.98. The third-order valence-electron chi connectivity index (χ3n) is 4.06. The highest BCUT2D eigenvalue weighted by Gasteiger charge is 2.35. The van der Waals surface area contributed by atoms with Gasteiger partial charge in [-0.3, -0.25) is 4.79 Å². The van der Waals surface area contributed by atoms with Crippen molar-refractivity contribution in [3.63, 3.8) is 0 Å². The van der Waals surface area contributed by atoms with E-state index >= 15 is 0 Å². The van der Waals surface area contributed by atoms with Gasteiger partial charge in [-0.1, -0.05) is 11.8 Å². The first kappa shape index (κ1) is 17.5. The van der Waals surface area contributed by atoms with Crippen molar-refractivity contribution in [3.8, 4) is 11.5 Å². The van der Waals surface area contributed by atoms with Crippen molar-refractivity contribution >= 4 is 17.7 Å². The summed E-state index contributed by atoms with van der Waals surface area (Å²) in [6.07, 6.45) is 5.66. The Balaban J connectivity index is 1.85. The molecule has 132 valence electrons. The lowest BCUT2D eigenvalue weighted by Crippen LogP contribution is -2.41. The van der Waals surface area contributed by atoms with Gasteiger partial charge >= 0.3 is 0 Å². The number of carbonyl (C=O) groups excluding carboxylic acids is 1. The van der Waals surface area contributed by atoms with Gasteiger partial charge in [0.15, 0.2) is 5.16 Å². The Kier molecular flexibility index (Phi) is 4.85. The number of nitrogens with zero attached hydrogens (tertiary/aromatic N) is 2. The quantitative estimate of drug-likeness (QED) is 0.667.